The number of halogens is 1. The molecule has 1 aliphatic heterocycles. The highest BCUT2D eigenvalue weighted by Gasteiger charge is 2.21. The number of nitrogens with one attached hydrogen (secondary N) is 1. The second kappa shape index (κ2) is 8.08. The molecule has 0 aromatic carbocycles. The molecule has 118 valence electrons. The monoisotopic (exact) mass is 331 g/mol. The van der Waals surface area contributed by atoms with Crippen molar-refractivity contribution >= 4 is 28.8 Å². The molecule has 1 N–H and O–H groups in total. The fourth-order valence-corrected chi connectivity index (χ4v) is 3.17. The second-order valence-electron chi connectivity index (χ2n) is 5.49. The quantitative estimate of drug-likeness (QED) is 0.869. The van der Waals surface area contributed by atoms with E-state index in [9.17, 15) is 4.79 Å². The number of hydrogen-bond acceptors (Lipinski definition) is 5. The minimum Gasteiger partial charge on any atom is -0.377 e. The molecule has 1 saturated heterocycles. The third-order valence-corrected chi connectivity index (χ3v) is 4.60. The average Bonchev–Trinajstić information content (AvgIpc) is 2.87. The molecule has 0 bridgehead atoms. The molecule has 21 heavy (non-hydrogen) atoms. The maximum absolute atomic E-state index is 12.0. The molecule has 5 nitrogen and oxygen atoms in total. The first-order valence-electron chi connectivity index (χ1n) is 7.30. The zero-order valence-corrected chi connectivity index (χ0v) is 14.0. The van der Waals surface area contributed by atoms with Crippen LogP contribution in [0.2, 0.25) is 4.47 Å². The van der Waals surface area contributed by atoms with Gasteiger partial charge >= 0.3 is 0 Å². The van der Waals surface area contributed by atoms with Gasteiger partial charge in [-0.25, -0.2) is 4.98 Å². The molecule has 1 aromatic heterocycles. The van der Waals surface area contributed by atoms with Gasteiger partial charge < -0.3 is 15.0 Å². The van der Waals surface area contributed by atoms with Gasteiger partial charge in [-0.05, 0) is 26.7 Å². The summed E-state index contributed by atoms with van der Waals surface area (Å²) < 4.78 is 5.97. The van der Waals surface area contributed by atoms with E-state index >= 15 is 0 Å². The summed E-state index contributed by atoms with van der Waals surface area (Å²) in [6, 6.07) is 0.237. The maximum atomic E-state index is 12.0. The number of rotatable bonds is 6. The lowest BCUT2D eigenvalue weighted by Gasteiger charge is -2.32. The van der Waals surface area contributed by atoms with Crippen molar-refractivity contribution in [2.24, 2.45) is 0 Å². The number of hydrogen-bond donors (Lipinski definition) is 1. The van der Waals surface area contributed by atoms with E-state index in [1.54, 1.807) is 0 Å². The fraction of sp³-hybridized carbons (Fsp3) is 0.714. The van der Waals surface area contributed by atoms with Crippen LogP contribution in [0, 0.1) is 0 Å². The summed E-state index contributed by atoms with van der Waals surface area (Å²) in [5, 5.41) is 3.06. The van der Waals surface area contributed by atoms with E-state index in [4.69, 9.17) is 16.3 Å². The van der Waals surface area contributed by atoms with Crippen LogP contribution in [0.1, 0.15) is 36.4 Å². The Morgan fingerprint density at radius 3 is 2.86 bits per heavy atom. The van der Waals surface area contributed by atoms with Crippen molar-refractivity contribution in [1.29, 1.82) is 0 Å². The Bertz CT molecular complexity index is 459. The van der Waals surface area contributed by atoms with Crippen molar-refractivity contribution in [3.63, 3.8) is 0 Å². The summed E-state index contributed by atoms with van der Waals surface area (Å²) in [4.78, 5) is 18.9. The van der Waals surface area contributed by atoms with Crippen molar-refractivity contribution in [2.75, 3.05) is 26.2 Å². The first-order chi connectivity index (χ1) is 10.0. The van der Waals surface area contributed by atoms with E-state index in [0.717, 1.165) is 39.1 Å². The number of nitrogens with zero attached hydrogens (tertiary/aromatic N) is 2. The molecule has 0 aliphatic carbocycles. The van der Waals surface area contributed by atoms with E-state index in [0.29, 0.717) is 9.34 Å². The number of thiazole rings is 1. The lowest BCUT2D eigenvalue weighted by molar-refractivity contribution is 0.0521. The number of ether oxygens (including phenoxy) is 1. The smallest absolute Gasteiger partial charge is 0.263 e. The number of piperidine rings is 1. The van der Waals surface area contributed by atoms with Gasteiger partial charge in [0.15, 0.2) is 4.47 Å². The maximum Gasteiger partial charge on any atom is 0.263 e. The van der Waals surface area contributed by atoms with Gasteiger partial charge in [0.25, 0.3) is 5.91 Å². The van der Waals surface area contributed by atoms with Gasteiger partial charge in [0.05, 0.1) is 18.9 Å². The van der Waals surface area contributed by atoms with E-state index < -0.39 is 0 Å². The Kier molecular flexibility index (Phi) is 6.41. The van der Waals surface area contributed by atoms with Gasteiger partial charge in [0.1, 0.15) is 4.88 Å². The zero-order chi connectivity index (χ0) is 15.2. The molecule has 2 rings (SSSR count). The number of amides is 1. The SMILES string of the molecule is CC(C)OCCN1CCC(NC(=O)c2cnc(Cl)s2)CC1. The molecule has 7 heteroatoms. The van der Waals surface area contributed by atoms with Gasteiger partial charge in [0, 0.05) is 25.7 Å². The highest BCUT2D eigenvalue weighted by molar-refractivity contribution is 7.17. The highest BCUT2D eigenvalue weighted by atomic mass is 35.5. The van der Waals surface area contributed by atoms with Crippen molar-refractivity contribution in [3.05, 3.63) is 15.5 Å². The largest absolute Gasteiger partial charge is 0.377 e. The molecular weight excluding hydrogens is 310 g/mol. The van der Waals surface area contributed by atoms with Gasteiger partial charge in [-0.2, -0.15) is 0 Å². The molecule has 1 aliphatic rings. The molecule has 1 aromatic rings. The summed E-state index contributed by atoms with van der Waals surface area (Å²) >= 11 is 6.96. The minimum absolute atomic E-state index is 0.0685. The summed E-state index contributed by atoms with van der Waals surface area (Å²) in [6.45, 7) is 7.82. The Hall–Kier alpha value is -0.690. The first kappa shape index (κ1) is 16.7. The summed E-state index contributed by atoms with van der Waals surface area (Å²) in [7, 11) is 0. The Balaban J connectivity index is 1.68. The highest BCUT2D eigenvalue weighted by Crippen LogP contribution is 2.18. The van der Waals surface area contributed by atoms with Crippen LogP contribution in [0.4, 0.5) is 0 Å². The van der Waals surface area contributed by atoms with E-state index in [1.807, 2.05) is 13.8 Å². The minimum atomic E-state index is -0.0685. The number of carbonyl (C=O) groups is 1. The Morgan fingerprint density at radius 2 is 2.29 bits per heavy atom. The lowest BCUT2D eigenvalue weighted by Crippen LogP contribution is -2.45. The van der Waals surface area contributed by atoms with Crippen LogP contribution >= 0.6 is 22.9 Å². The standard InChI is InChI=1S/C14H22ClN3O2S/c1-10(2)20-8-7-18-5-3-11(4-6-18)17-13(19)12-9-16-14(15)21-12/h9-11H,3-8H2,1-2H3,(H,17,19). The normalized spacial score (nSPS) is 17.3. The molecule has 0 spiro atoms. The molecule has 1 fully saturated rings. The lowest BCUT2D eigenvalue weighted by atomic mass is 10.1. The Labute approximate surface area is 134 Å². The fourth-order valence-electron chi connectivity index (χ4n) is 2.33. The molecule has 0 saturated carbocycles. The Morgan fingerprint density at radius 1 is 1.57 bits per heavy atom. The third-order valence-electron chi connectivity index (χ3n) is 3.48. The topological polar surface area (TPSA) is 54.5 Å². The molecular formula is C14H22ClN3O2S. The average molecular weight is 332 g/mol. The van der Waals surface area contributed by atoms with Crippen LogP contribution < -0.4 is 5.32 Å². The molecule has 1 amide bonds. The zero-order valence-electron chi connectivity index (χ0n) is 12.5. The van der Waals surface area contributed by atoms with Crippen LogP contribution in [0.3, 0.4) is 0 Å². The summed E-state index contributed by atoms with van der Waals surface area (Å²) in [5.41, 5.74) is 0. The molecule has 0 atom stereocenters. The van der Waals surface area contributed by atoms with Crippen LogP contribution in [-0.2, 0) is 4.74 Å². The summed E-state index contributed by atoms with van der Waals surface area (Å²) in [6.07, 6.45) is 3.76. The van der Waals surface area contributed by atoms with Gasteiger partial charge in [-0.15, -0.1) is 0 Å². The molecule has 0 unspecified atom stereocenters. The predicted molar refractivity (Wildman–Crippen MR) is 85.1 cm³/mol. The predicted octanol–water partition coefficient (Wildman–Crippen LogP) is 2.42. The number of carbonyl (C=O) groups excluding carboxylic acids is 1. The van der Waals surface area contributed by atoms with Gasteiger partial charge in [-0.1, -0.05) is 22.9 Å². The molecule has 2 heterocycles. The van der Waals surface area contributed by atoms with Gasteiger partial charge in [0.2, 0.25) is 0 Å². The van der Waals surface area contributed by atoms with Crippen LogP contribution in [0.25, 0.3) is 0 Å². The third kappa shape index (κ3) is 5.54. The van der Waals surface area contributed by atoms with Crippen molar-refractivity contribution in [2.45, 2.75) is 38.8 Å². The van der Waals surface area contributed by atoms with Crippen molar-refractivity contribution in [1.82, 2.24) is 15.2 Å². The van der Waals surface area contributed by atoms with Crippen LogP contribution in [0.15, 0.2) is 6.20 Å². The first-order valence-corrected chi connectivity index (χ1v) is 8.50. The number of likely N-dealkylation sites (tertiary alicyclic amines) is 1. The van der Waals surface area contributed by atoms with Gasteiger partial charge in [-0.3, -0.25) is 4.79 Å². The van der Waals surface area contributed by atoms with Crippen LogP contribution in [-0.4, -0.2) is 54.2 Å². The van der Waals surface area contributed by atoms with Crippen LogP contribution in [0.5, 0.6) is 0 Å². The second-order valence-corrected chi connectivity index (χ2v) is 7.10. The van der Waals surface area contributed by atoms with E-state index in [-0.39, 0.29) is 18.1 Å². The molecule has 0 radical (unpaired) electrons. The van der Waals surface area contributed by atoms with Crippen molar-refractivity contribution < 1.29 is 9.53 Å². The van der Waals surface area contributed by atoms with E-state index in [1.165, 1.54) is 17.5 Å². The summed E-state index contributed by atoms with van der Waals surface area (Å²) in [5.74, 6) is -0.0685. The number of aromatic nitrogens is 1. The van der Waals surface area contributed by atoms with Crippen molar-refractivity contribution in [3.8, 4) is 0 Å². The van der Waals surface area contributed by atoms with E-state index in [2.05, 4.69) is 15.2 Å².